The largest absolute Gasteiger partial charge is 0.493 e. The number of hydrogen-bond acceptors (Lipinski definition) is 2. The molecule has 0 aromatic heterocycles. The van der Waals surface area contributed by atoms with Gasteiger partial charge in [-0.15, -0.1) is 0 Å². The van der Waals surface area contributed by atoms with Gasteiger partial charge in [0, 0.05) is 6.42 Å². The van der Waals surface area contributed by atoms with Crippen molar-refractivity contribution in [3.8, 4) is 5.75 Å². The minimum Gasteiger partial charge on any atom is -0.493 e. The van der Waals surface area contributed by atoms with Gasteiger partial charge in [-0.3, -0.25) is 0 Å². The summed E-state index contributed by atoms with van der Waals surface area (Å²) in [7, 11) is 0. The van der Waals surface area contributed by atoms with Crippen LogP contribution in [0.25, 0.3) is 0 Å². The fourth-order valence-electron chi connectivity index (χ4n) is 2.50. The Balaban J connectivity index is 1.93. The number of aryl methyl sites for hydroxylation is 1. The van der Waals surface area contributed by atoms with Crippen LogP contribution in [-0.2, 0) is 12.8 Å². The van der Waals surface area contributed by atoms with Gasteiger partial charge in [0.05, 0.1) is 12.7 Å². The van der Waals surface area contributed by atoms with Crippen LogP contribution in [0.15, 0.2) is 18.2 Å². The van der Waals surface area contributed by atoms with E-state index in [0.29, 0.717) is 18.9 Å². The summed E-state index contributed by atoms with van der Waals surface area (Å²) in [5.74, 6) is 1.33. The number of aliphatic hydroxyl groups excluding tert-OH is 1. The lowest BCUT2D eigenvalue weighted by Crippen LogP contribution is -2.18. The zero-order chi connectivity index (χ0) is 13.0. The molecule has 1 N–H and O–H groups in total. The molecule has 0 saturated carbocycles. The minimum absolute atomic E-state index is 0.260. The van der Waals surface area contributed by atoms with Gasteiger partial charge in [0.2, 0.25) is 0 Å². The molecule has 0 spiro atoms. The van der Waals surface area contributed by atoms with Crippen molar-refractivity contribution in [2.24, 2.45) is 5.92 Å². The van der Waals surface area contributed by atoms with E-state index in [1.54, 1.807) is 0 Å². The topological polar surface area (TPSA) is 29.5 Å². The first-order valence-electron chi connectivity index (χ1n) is 7.10. The van der Waals surface area contributed by atoms with Crippen molar-refractivity contribution >= 4 is 0 Å². The molecular weight excluding hydrogens is 224 g/mol. The monoisotopic (exact) mass is 248 g/mol. The van der Waals surface area contributed by atoms with E-state index in [1.807, 2.05) is 13.8 Å². The van der Waals surface area contributed by atoms with Gasteiger partial charge in [-0.25, -0.2) is 0 Å². The second kappa shape index (κ2) is 6.24. The molecule has 1 aliphatic rings. The summed E-state index contributed by atoms with van der Waals surface area (Å²) in [6.45, 7) is 4.68. The van der Waals surface area contributed by atoms with Crippen molar-refractivity contribution in [3.05, 3.63) is 29.3 Å². The molecule has 0 radical (unpaired) electrons. The first kappa shape index (κ1) is 13.4. The Bertz CT molecular complexity index is 385. The second-order valence-corrected chi connectivity index (χ2v) is 5.55. The Kier molecular flexibility index (Phi) is 4.65. The molecule has 1 atom stereocenters. The van der Waals surface area contributed by atoms with Crippen LogP contribution >= 0.6 is 0 Å². The minimum atomic E-state index is -0.260. The molecular formula is C16H24O2. The quantitative estimate of drug-likeness (QED) is 0.866. The summed E-state index contributed by atoms with van der Waals surface area (Å²) in [4.78, 5) is 0. The number of aliphatic hydroxyl groups is 1. The standard InChI is InChI=1S/C16H24O2/c1-12(2)15(17)10-11-18-16-9-5-7-13-6-3-4-8-14(13)16/h5,7,9,12,15,17H,3-4,6,8,10-11H2,1-2H3. The smallest absolute Gasteiger partial charge is 0.122 e. The van der Waals surface area contributed by atoms with Crippen LogP contribution in [0.5, 0.6) is 5.75 Å². The molecule has 1 aromatic carbocycles. The zero-order valence-electron chi connectivity index (χ0n) is 11.5. The Hall–Kier alpha value is -1.02. The Labute approximate surface area is 110 Å². The molecule has 18 heavy (non-hydrogen) atoms. The lowest BCUT2D eigenvalue weighted by molar-refractivity contribution is 0.0974. The van der Waals surface area contributed by atoms with Gasteiger partial charge < -0.3 is 9.84 Å². The van der Waals surface area contributed by atoms with Crippen molar-refractivity contribution in [2.45, 2.75) is 52.1 Å². The summed E-state index contributed by atoms with van der Waals surface area (Å²) >= 11 is 0. The Morgan fingerprint density at radius 3 is 2.78 bits per heavy atom. The van der Waals surface area contributed by atoms with Crippen molar-refractivity contribution in [2.75, 3.05) is 6.61 Å². The molecule has 0 aliphatic heterocycles. The molecule has 0 saturated heterocycles. The molecule has 0 bridgehead atoms. The van der Waals surface area contributed by atoms with Crippen LogP contribution in [0.1, 0.15) is 44.2 Å². The third-order valence-electron chi connectivity index (χ3n) is 3.79. The van der Waals surface area contributed by atoms with Gasteiger partial charge in [-0.1, -0.05) is 26.0 Å². The fourth-order valence-corrected chi connectivity index (χ4v) is 2.50. The number of benzene rings is 1. The average molecular weight is 248 g/mol. The highest BCUT2D eigenvalue weighted by Gasteiger charge is 2.14. The van der Waals surface area contributed by atoms with E-state index >= 15 is 0 Å². The van der Waals surface area contributed by atoms with E-state index in [9.17, 15) is 5.11 Å². The molecule has 1 aromatic rings. The predicted molar refractivity (Wildman–Crippen MR) is 74.0 cm³/mol. The maximum atomic E-state index is 9.76. The Morgan fingerprint density at radius 1 is 1.22 bits per heavy atom. The SMILES string of the molecule is CC(C)C(O)CCOc1cccc2c1CCCC2. The van der Waals surface area contributed by atoms with Crippen molar-refractivity contribution in [1.82, 2.24) is 0 Å². The molecule has 100 valence electrons. The van der Waals surface area contributed by atoms with Gasteiger partial charge in [-0.05, 0) is 48.8 Å². The highest BCUT2D eigenvalue weighted by molar-refractivity contribution is 5.41. The maximum Gasteiger partial charge on any atom is 0.122 e. The molecule has 2 rings (SSSR count). The average Bonchev–Trinajstić information content (AvgIpc) is 2.38. The normalized spacial score (nSPS) is 16.4. The van der Waals surface area contributed by atoms with Gasteiger partial charge in [0.15, 0.2) is 0 Å². The van der Waals surface area contributed by atoms with Crippen LogP contribution in [0.3, 0.4) is 0 Å². The fraction of sp³-hybridized carbons (Fsp3) is 0.625. The third-order valence-corrected chi connectivity index (χ3v) is 3.79. The lowest BCUT2D eigenvalue weighted by atomic mass is 9.91. The third kappa shape index (κ3) is 3.26. The van der Waals surface area contributed by atoms with Crippen LogP contribution in [0, 0.1) is 5.92 Å². The van der Waals surface area contributed by atoms with E-state index in [4.69, 9.17) is 4.74 Å². The van der Waals surface area contributed by atoms with Crippen LogP contribution in [0.2, 0.25) is 0 Å². The molecule has 1 aliphatic carbocycles. The van der Waals surface area contributed by atoms with E-state index in [-0.39, 0.29) is 6.10 Å². The molecule has 2 nitrogen and oxygen atoms in total. The van der Waals surface area contributed by atoms with Crippen LogP contribution in [0.4, 0.5) is 0 Å². The lowest BCUT2D eigenvalue weighted by Gasteiger charge is -2.20. The van der Waals surface area contributed by atoms with Gasteiger partial charge in [0.25, 0.3) is 0 Å². The highest BCUT2D eigenvalue weighted by atomic mass is 16.5. The van der Waals surface area contributed by atoms with E-state index < -0.39 is 0 Å². The van der Waals surface area contributed by atoms with E-state index in [2.05, 4.69) is 18.2 Å². The Morgan fingerprint density at radius 2 is 2.00 bits per heavy atom. The van der Waals surface area contributed by atoms with E-state index in [0.717, 1.165) is 12.2 Å². The molecule has 0 heterocycles. The maximum absolute atomic E-state index is 9.76. The number of fused-ring (bicyclic) bond motifs is 1. The molecule has 0 fully saturated rings. The summed E-state index contributed by atoms with van der Waals surface area (Å²) < 4.78 is 5.87. The number of hydrogen-bond donors (Lipinski definition) is 1. The first-order chi connectivity index (χ1) is 8.68. The second-order valence-electron chi connectivity index (χ2n) is 5.55. The van der Waals surface area contributed by atoms with E-state index in [1.165, 1.54) is 30.4 Å². The number of rotatable bonds is 5. The molecule has 2 heteroatoms. The summed E-state index contributed by atoms with van der Waals surface area (Å²) in [6.07, 6.45) is 5.33. The molecule has 0 amide bonds. The van der Waals surface area contributed by atoms with Crippen molar-refractivity contribution in [3.63, 3.8) is 0 Å². The summed E-state index contributed by atoms with van der Waals surface area (Å²) in [5, 5.41) is 9.76. The van der Waals surface area contributed by atoms with Crippen molar-refractivity contribution < 1.29 is 9.84 Å². The molecule has 1 unspecified atom stereocenters. The van der Waals surface area contributed by atoms with Gasteiger partial charge in [-0.2, -0.15) is 0 Å². The van der Waals surface area contributed by atoms with Gasteiger partial charge in [0.1, 0.15) is 5.75 Å². The predicted octanol–water partition coefficient (Wildman–Crippen LogP) is 3.35. The van der Waals surface area contributed by atoms with Crippen LogP contribution in [-0.4, -0.2) is 17.8 Å². The first-order valence-corrected chi connectivity index (χ1v) is 7.10. The highest BCUT2D eigenvalue weighted by Crippen LogP contribution is 2.29. The van der Waals surface area contributed by atoms with Crippen molar-refractivity contribution in [1.29, 1.82) is 0 Å². The summed E-state index contributed by atoms with van der Waals surface area (Å²) in [6, 6.07) is 6.36. The van der Waals surface area contributed by atoms with Gasteiger partial charge >= 0.3 is 0 Å². The number of ether oxygens (including phenoxy) is 1. The summed E-state index contributed by atoms with van der Waals surface area (Å²) in [5.41, 5.74) is 2.84. The zero-order valence-corrected chi connectivity index (χ0v) is 11.5. The van der Waals surface area contributed by atoms with Crippen LogP contribution < -0.4 is 4.74 Å².